The van der Waals surface area contributed by atoms with Gasteiger partial charge in [0.25, 0.3) is 0 Å². The molecule has 2 aromatic heterocycles. The molecular weight excluding hydrogens is 306 g/mol. The number of nitrogens with one attached hydrogen (secondary N) is 1. The number of rotatable bonds is 2. The van der Waals surface area contributed by atoms with Crippen molar-refractivity contribution < 1.29 is 0 Å². The molecule has 0 amide bonds. The maximum Gasteiger partial charge on any atom is 0.230 e. The van der Waals surface area contributed by atoms with E-state index in [9.17, 15) is 0 Å². The van der Waals surface area contributed by atoms with Crippen molar-refractivity contribution in [1.29, 1.82) is 0 Å². The smallest absolute Gasteiger partial charge is 0.230 e. The van der Waals surface area contributed by atoms with Gasteiger partial charge in [-0.1, -0.05) is 18.2 Å². The second-order valence-electron chi connectivity index (χ2n) is 3.94. The standard InChI is InChI=1S/C13H10BrN5/c14-10-7-11(15)19-13(18-10)17-9-5-1-3-8-4-2-6-16-12(8)9/h1-7H,(H3,15,17,18,19). The SMILES string of the molecule is Nc1cc(Br)nc(Nc2cccc3cccnc23)n1. The van der Waals surface area contributed by atoms with Gasteiger partial charge in [0.15, 0.2) is 0 Å². The molecule has 3 aromatic rings. The molecule has 0 spiro atoms. The molecule has 3 rings (SSSR count). The Morgan fingerprint density at radius 1 is 1.11 bits per heavy atom. The summed E-state index contributed by atoms with van der Waals surface area (Å²) in [6, 6.07) is 11.4. The van der Waals surface area contributed by atoms with Crippen LogP contribution >= 0.6 is 15.9 Å². The van der Waals surface area contributed by atoms with Crippen molar-refractivity contribution in [2.24, 2.45) is 0 Å². The first kappa shape index (κ1) is 11.9. The first-order valence-electron chi connectivity index (χ1n) is 5.63. The van der Waals surface area contributed by atoms with E-state index in [0.717, 1.165) is 16.6 Å². The highest BCUT2D eigenvalue weighted by molar-refractivity contribution is 9.10. The number of nitrogen functional groups attached to an aromatic ring is 1. The summed E-state index contributed by atoms with van der Waals surface area (Å²) in [7, 11) is 0. The van der Waals surface area contributed by atoms with E-state index in [0.29, 0.717) is 16.4 Å². The number of hydrogen-bond donors (Lipinski definition) is 2. The Bertz CT molecular complexity index is 718. The zero-order valence-electron chi connectivity index (χ0n) is 9.84. The molecule has 3 N–H and O–H groups in total. The summed E-state index contributed by atoms with van der Waals surface area (Å²) in [5, 5.41) is 4.19. The number of anilines is 3. The van der Waals surface area contributed by atoms with Crippen molar-refractivity contribution in [3.63, 3.8) is 0 Å². The number of aromatic nitrogens is 3. The molecule has 0 atom stereocenters. The zero-order valence-corrected chi connectivity index (χ0v) is 11.4. The third-order valence-corrected chi connectivity index (χ3v) is 3.00. The molecule has 1 aromatic carbocycles. The molecule has 0 unspecified atom stereocenters. The van der Waals surface area contributed by atoms with Crippen LogP contribution in [0.4, 0.5) is 17.5 Å². The summed E-state index contributed by atoms with van der Waals surface area (Å²) in [4.78, 5) is 12.7. The molecule has 6 heteroatoms. The molecule has 94 valence electrons. The van der Waals surface area contributed by atoms with Crippen molar-refractivity contribution in [2.45, 2.75) is 0 Å². The van der Waals surface area contributed by atoms with E-state index in [2.05, 4.69) is 36.2 Å². The number of benzene rings is 1. The molecule has 0 saturated carbocycles. The van der Waals surface area contributed by atoms with Crippen LogP contribution in [0.25, 0.3) is 10.9 Å². The van der Waals surface area contributed by atoms with Gasteiger partial charge in [-0.3, -0.25) is 4.98 Å². The van der Waals surface area contributed by atoms with E-state index < -0.39 is 0 Å². The summed E-state index contributed by atoms with van der Waals surface area (Å²) in [6.45, 7) is 0. The lowest BCUT2D eigenvalue weighted by molar-refractivity contribution is 1.15. The van der Waals surface area contributed by atoms with Crippen LogP contribution in [-0.4, -0.2) is 15.0 Å². The minimum absolute atomic E-state index is 0.401. The number of hydrogen-bond acceptors (Lipinski definition) is 5. The third kappa shape index (κ3) is 2.48. The summed E-state index contributed by atoms with van der Waals surface area (Å²) >= 11 is 3.29. The van der Waals surface area contributed by atoms with E-state index in [1.165, 1.54) is 0 Å². The minimum Gasteiger partial charge on any atom is -0.383 e. The van der Waals surface area contributed by atoms with Gasteiger partial charge in [0.05, 0.1) is 11.2 Å². The fourth-order valence-corrected chi connectivity index (χ4v) is 2.22. The van der Waals surface area contributed by atoms with Gasteiger partial charge in [0.1, 0.15) is 10.4 Å². The fourth-order valence-electron chi connectivity index (χ4n) is 1.82. The highest BCUT2D eigenvalue weighted by Crippen LogP contribution is 2.24. The predicted molar refractivity (Wildman–Crippen MR) is 79.2 cm³/mol. The quantitative estimate of drug-likeness (QED) is 0.710. The van der Waals surface area contributed by atoms with Gasteiger partial charge in [-0.05, 0) is 28.1 Å². The van der Waals surface area contributed by atoms with E-state index in [1.54, 1.807) is 12.3 Å². The average Bonchev–Trinajstić information content (AvgIpc) is 2.38. The summed E-state index contributed by atoms with van der Waals surface area (Å²) in [5.74, 6) is 0.836. The largest absolute Gasteiger partial charge is 0.383 e. The monoisotopic (exact) mass is 315 g/mol. The van der Waals surface area contributed by atoms with E-state index in [4.69, 9.17) is 5.73 Å². The maximum absolute atomic E-state index is 5.69. The molecule has 19 heavy (non-hydrogen) atoms. The van der Waals surface area contributed by atoms with Gasteiger partial charge in [0.2, 0.25) is 5.95 Å². The summed E-state index contributed by atoms with van der Waals surface area (Å²) in [5.41, 5.74) is 7.40. The van der Waals surface area contributed by atoms with Crippen molar-refractivity contribution >= 4 is 44.3 Å². The van der Waals surface area contributed by atoms with Crippen LogP contribution in [0.15, 0.2) is 47.2 Å². The van der Waals surface area contributed by atoms with Crippen molar-refractivity contribution in [3.8, 4) is 0 Å². The predicted octanol–water partition coefficient (Wildman–Crippen LogP) is 3.11. The Hall–Kier alpha value is -2.21. The van der Waals surface area contributed by atoms with Gasteiger partial charge < -0.3 is 11.1 Å². The van der Waals surface area contributed by atoms with Gasteiger partial charge in [-0.25, -0.2) is 4.98 Å². The van der Waals surface area contributed by atoms with Crippen LogP contribution in [-0.2, 0) is 0 Å². The summed E-state index contributed by atoms with van der Waals surface area (Å²) < 4.78 is 0.635. The van der Waals surface area contributed by atoms with E-state index >= 15 is 0 Å². The lowest BCUT2D eigenvalue weighted by Crippen LogP contribution is -2.01. The van der Waals surface area contributed by atoms with Gasteiger partial charge >= 0.3 is 0 Å². The normalized spacial score (nSPS) is 10.6. The Morgan fingerprint density at radius 2 is 1.95 bits per heavy atom. The molecule has 0 radical (unpaired) electrons. The van der Waals surface area contributed by atoms with Crippen molar-refractivity contribution in [2.75, 3.05) is 11.1 Å². The van der Waals surface area contributed by atoms with E-state index in [1.807, 2.05) is 30.3 Å². The highest BCUT2D eigenvalue weighted by atomic mass is 79.9. The molecule has 0 aliphatic rings. The molecule has 0 bridgehead atoms. The average molecular weight is 316 g/mol. The van der Waals surface area contributed by atoms with Crippen LogP contribution in [0.1, 0.15) is 0 Å². The minimum atomic E-state index is 0.401. The molecule has 5 nitrogen and oxygen atoms in total. The molecule has 0 aliphatic carbocycles. The van der Waals surface area contributed by atoms with Crippen LogP contribution in [0.3, 0.4) is 0 Å². The lowest BCUT2D eigenvalue weighted by Gasteiger charge is -2.08. The Labute approximate surface area is 118 Å². The molecular formula is C13H10BrN5. The second-order valence-corrected chi connectivity index (χ2v) is 4.76. The first-order valence-corrected chi connectivity index (χ1v) is 6.42. The Morgan fingerprint density at radius 3 is 2.79 bits per heavy atom. The Balaban J connectivity index is 2.05. The molecule has 0 saturated heterocycles. The zero-order chi connectivity index (χ0) is 13.2. The van der Waals surface area contributed by atoms with Crippen LogP contribution < -0.4 is 11.1 Å². The highest BCUT2D eigenvalue weighted by Gasteiger charge is 2.05. The third-order valence-electron chi connectivity index (χ3n) is 2.59. The molecule has 0 fully saturated rings. The topological polar surface area (TPSA) is 76.7 Å². The van der Waals surface area contributed by atoms with Gasteiger partial charge in [-0.2, -0.15) is 4.98 Å². The van der Waals surface area contributed by atoms with Gasteiger partial charge in [-0.15, -0.1) is 0 Å². The van der Waals surface area contributed by atoms with Crippen LogP contribution in [0.5, 0.6) is 0 Å². The van der Waals surface area contributed by atoms with Gasteiger partial charge in [0, 0.05) is 17.6 Å². The number of fused-ring (bicyclic) bond motifs is 1. The number of nitrogens with zero attached hydrogens (tertiary/aromatic N) is 3. The maximum atomic E-state index is 5.69. The summed E-state index contributed by atoms with van der Waals surface area (Å²) in [6.07, 6.45) is 1.75. The number of pyridine rings is 1. The number of para-hydroxylation sites is 1. The Kier molecular flexibility index (Phi) is 3.00. The second kappa shape index (κ2) is 4.81. The van der Waals surface area contributed by atoms with Crippen molar-refractivity contribution in [3.05, 3.63) is 47.2 Å². The van der Waals surface area contributed by atoms with Crippen LogP contribution in [0, 0.1) is 0 Å². The van der Waals surface area contributed by atoms with Crippen LogP contribution in [0.2, 0.25) is 0 Å². The lowest BCUT2D eigenvalue weighted by atomic mass is 10.2. The molecule has 0 aliphatic heterocycles. The van der Waals surface area contributed by atoms with E-state index in [-0.39, 0.29) is 0 Å². The fraction of sp³-hybridized carbons (Fsp3) is 0. The molecule has 2 heterocycles. The van der Waals surface area contributed by atoms with Crippen molar-refractivity contribution in [1.82, 2.24) is 15.0 Å². The first-order chi connectivity index (χ1) is 9.22. The number of nitrogens with two attached hydrogens (primary N) is 1. The number of halogens is 1.